The molecule has 4 rings (SSSR count). The average Bonchev–Trinajstić information content (AvgIpc) is 3.37. The van der Waals surface area contributed by atoms with Crippen molar-refractivity contribution in [3.63, 3.8) is 0 Å². The second-order valence-corrected chi connectivity index (χ2v) is 7.13. The number of hydrogen-bond donors (Lipinski definition) is 1. The van der Waals surface area contributed by atoms with Crippen molar-refractivity contribution in [3.05, 3.63) is 71.7 Å². The van der Waals surface area contributed by atoms with Gasteiger partial charge in [0, 0.05) is 24.5 Å². The molecule has 1 aliphatic carbocycles. The Morgan fingerprint density at radius 1 is 1.18 bits per heavy atom. The van der Waals surface area contributed by atoms with Crippen LogP contribution in [-0.2, 0) is 6.54 Å². The van der Waals surface area contributed by atoms with E-state index >= 15 is 0 Å². The molecule has 0 spiro atoms. The zero-order chi connectivity index (χ0) is 19.3. The lowest BCUT2D eigenvalue weighted by Gasteiger charge is -2.12. The second kappa shape index (κ2) is 8.25. The van der Waals surface area contributed by atoms with E-state index in [4.69, 9.17) is 4.74 Å². The topological polar surface area (TPSA) is 69.0 Å². The van der Waals surface area contributed by atoms with Gasteiger partial charge in [0.15, 0.2) is 5.69 Å². The first-order valence-corrected chi connectivity index (χ1v) is 9.71. The molecule has 0 aliphatic heterocycles. The van der Waals surface area contributed by atoms with Crippen LogP contribution in [-0.4, -0.2) is 26.8 Å². The number of pyridine rings is 1. The Morgan fingerprint density at radius 2 is 1.96 bits per heavy atom. The van der Waals surface area contributed by atoms with Gasteiger partial charge in [0.25, 0.3) is 5.91 Å². The highest BCUT2D eigenvalue weighted by Crippen LogP contribution is 2.22. The number of ether oxygens (including phenoxy) is 1. The van der Waals surface area contributed by atoms with Crippen LogP contribution in [0.1, 0.15) is 47.4 Å². The summed E-state index contributed by atoms with van der Waals surface area (Å²) in [5.74, 6) is 0.447. The fourth-order valence-corrected chi connectivity index (χ4v) is 3.45. The molecule has 0 bridgehead atoms. The largest absolute Gasteiger partial charge is 0.474 e. The van der Waals surface area contributed by atoms with Crippen molar-refractivity contribution >= 4 is 5.91 Å². The van der Waals surface area contributed by atoms with Gasteiger partial charge in [-0.3, -0.25) is 4.79 Å². The smallest absolute Gasteiger partial charge is 0.272 e. The zero-order valence-corrected chi connectivity index (χ0v) is 16.0. The minimum atomic E-state index is -0.205. The summed E-state index contributed by atoms with van der Waals surface area (Å²) in [5.41, 5.74) is 3.16. The molecule has 2 aromatic heterocycles. The van der Waals surface area contributed by atoms with Crippen molar-refractivity contribution in [2.45, 2.75) is 45.3 Å². The highest BCUT2D eigenvalue weighted by molar-refractivity contribution is 5.92. The summed E-state index contributed by atoms with van der Waals surface area (Å²) in [6, 6.07) is 15.4. The number of carbonyl (C=O) groups excluding carboxylic acids is 1. The molecule has 2 heterocycles. The molecular weight excluding hydrogens is 352 g/mol. The SMILES string of the molecule is Cc1cc(C(=O)NCc2ccc(OC3CCCC3)nc2)nn1-c1ccccc1. The number of nitrogens with one attached hydrogen (secondary N) is 1. The molecule has 1 amide bonds. The number of aryl methyl sites for hydroxylation is 1. The third-order valence-electron chi connectivity index (χ3n) is 4.96. The predicted molar refractivity (Wildman–Crippen MR) is 107 cm³/mol. The van der Waals surface area contributed by atoms with Gasteiger partial charge in [-0.1, -0.05) is 24.3 Å². The summed E-state index contributed by atoms with van der Waals surface area (Å²) in [6.07, 6.45) is 6.71. The van der Waals surface area contributed by atoms with E-state index in [2.05, 4.69) is 15.4 Å². The van der Waals surface area contributed by atoms with E-state index in [1.807, 2.05) is 49.4 Å². The maximum absolute atomic E-state index is 12.5. The van der Waals surface area contributed by atoms with E-state index in [-0.39, 0.29) is 5.91 Å². The van der Waals surface area contributed by atoms with Crippen molar-refractivity contribution in [2.24, 2.45) is 0 Å². The number of nitrogens with zero attached hydrogens (tertiary/aromatic N) is 3. The first kappa shape index (κ1) is 18.2. The molecule has 0 unspecified atom stereocenters. The van der Waals surface area contributed by atoms with Crippen LogP contribution in [0.15, 0.2) is 54.7 Å². The quantitative estimate of drug-likeness (QED) is 0.710. The number of carbonyl (C=O) groups is 1. The minimum absolute atomic E-state index is 0.205. The summed E-state index contributed by atoms with van der Waals surface area (Å²) in [7, 11) is 0. The van der Waals surface area contributed by atoms with Crippen LogP contribution in [0, 0.1) is 6.92 Å². The first-order chi connectivity index (χ1) is 13.7. The Kier molecular flexibility index (Phi) is 5.37. The van der Waals surface area contributed by atoms with E-state index in [0.717, 1.165) is 29.8 Å². The lowest BCUT2D eigenvalue weighted by Crippen LogP contribution is -2.23. The second-order valence-electron chi connectivity index (χ2n) is 7.13. The maximum atomic E-state index is 12.5. The van der Waals surface area contributed by atoms with Crippen LogP contribution in [0.2, 0.25) is 0 Å². The Hall–Kier alpha value is -3.15. The lowest BCUT2D eigenvalue weighted by atomic mass is 10.2. The first-order valence-electron chi connectivity index (χ1n) is 9.71. The van der Waals surface area contributed by atoms with E-state index in [0.29, 0.717) is 24.2 Å². The van der Waals surface area contributed by atoms with Gasteiger partial charge in [-0.25, -0.2) is 9.67 Å². The van der Waals surface area contributed by atoms with E-state index < -0.39 is 0 Å². The fourth-order valence-electron chi connectivity index (χ4n) is 3.45. The Balaban J connectivity index is 1.35. The van der Waals surface area contributed by atoms with Crippen molar-refractivity contribution in [1.29, 1.82) is 0 Å². The monoisotopic (exact) mass is 376 g/mol. The average molecular weight is 376 g/mol. The van der Waals surface area contributed by atoms with Crippen molar-refractivity contribution in [1.82, 2.24) is 20.1 Å². The standard InChI is InChI=1S/C22H24N4O2/c1-16-13-20(25-26(16)18-7-3-2-4-8-18)22(27)24-15-17-11-12-21(23-14-17)28-19-9-5-6-10-19/h2-4,7-8,11-14,19H,5-6,9-10,15H2,1H3,(H,24,27). The number of rotatable bonds is 6. The molecule has 1 fully saturated rings. The maximum Gasteiger partial charge on any atom is 0.272 e. The van der Waals surface area contributed by atoms with Crippen LogP contribution in [0.25, 0.3) is 5.69 Å². The predicted octanol–water partition coefficient (Wildman–Crippen LogP) is 3.83. The van der Waals surface area contributed by atoms with Gasteiger partial charge in [-0.05, 0) is 56.4 Å². The molecule has 0 saturated heterocycles. The van der Waals surface area contributed by atoms with Gasteiger partial charge >= 0.3 is 0 Å². The fraction of sp³-hybridized carbons (Fsp3) is 0.318. The van der Waals surface area contributed by atoms with Gasteiger partial charge in [0.1, 0.15) is 6.10 Å². The molecule has 6 heteroatoms. The molecule has 1 saturated carbocycles. The molecular formula is C22H24N4O2. The molecule has 1 N–H and O–H groups in total. The molecule has 0 atom stereocenters. The van der Waals surface area contributed by atoms with Gasteiger partial charge in [-0.2, -0.15) is 5.10 Å². The number of hydrogen-bond acceptors (Lipinski definition) is 4. The minimum Gasteiger partial charge on any atom is -0.474 e. The van der Waals surface area contributed by atoms with E-state index in [9.17, 15) is 4.79 Å². The Bertz CT molecular complexity index is 929. The van der Waals surface area contributed by atoms with Gasteiger partial charge in [0.05, 0.1) is 5.69 Å². The van der Waals surface area contributed by atoms with Crippen LogP contribution in [0.4, 0.5) is 0 Å². The van der Waals surface area contributed by atoms with Gasteiger partial charge in [-0.15, -0.1) is 0 Å². The summed E-state index contributed by atoms with van der Waals surface area (Å²) in [4.78, 5) is 16.8. The number of benzene rings is 1. The lowest BCUT2D eigenvalue weighted by molar-refractivity contribution is 0.0945. The third-order valence-corrected chi connectivity index (χ3v) is 4.96. The number of para-hydroxylation sites is 1. The highest BCUT2D eigenvalue weighted by atomic mass is 16.5. The van der Waals surface area contributed by atoms with Gasteiger partial charge in [0.2, 0.25) is 5.88 Å². The molecule has 0 radical (unpaired) electrons. The molecule has 1 aliphatic rings. The summed E-state index contributed by atoms with van der Waals surface area (Å²) in [6.45, 7) is 2.33. The molecule has 28 heavy (non-hydrogen) atoms. The highest BCUT2D eigenvalue weighted by Gasteiger charge is 2.17. The summed E-state index contributed by atoms with van der Waals surface area (Å²) >= 11 is 0. The zero-order valence-electron chi connectivity index (χ0n) is 16.0. The van der Waals surface area contributed by atoms with Crippen molar-refractivity contribution in [2.75, 3.05) is 0 Å². The summed E-state index contributed by atoms with van der Waals surface area (Å²) < 4.78 is 7.64. The Labute approximate surface area is 164 Å². The molecule has 1 aromatic carbocycles. The van der Waals surface area contributed by atoms with E-state index in [1.54, 1.807) is 16.9 Å². The van der Waals surface area contributed by atoms with Crippen LogP contribution in [0.3, 0.4) is 0 Å². The van der Waals surface area contributed by atoms with Crippen molar-refractivity contribution < 1.29 is 9.53 Å². The third kappa shape index (κ3) is 4.22. The Morgan fingerprint density at radius 3 is 2.68 bits per heavy atom. The van der Waals surface area contributed by atoms with Crippen molar-refractivity contribution in [3.8, 4) is 11.6 Å². The van der Waals surface area contributed by atoms with Crippen LogP contribution in [0.5, 0.6) is 5.88 Å². The molecule has 144 valence electrons. The van der Waals surface area contributed by atoms with E-state index in [1.165, 1.54) is 12.8 Å². The van der Waals surface area contributed by atoms with Gasteiger partial charge < -0.3 is 10.1 Å². The number of amides is 1. The summed E-state index contributed by atoms with van der Waals surface area (Å²) in [5, 5.41) is 7.34. The van der Waals surface area contributed by atoms with Crippen LogP contribution < -0.4 is 10.1 Å². The molecule has 6 nitrogen and oxygen atoms in total. The number of aromatic nitrogens is 3. The molecule has 3 aromatic rings. The normalized spacial score (nSPS) is 14.2. The van der Waals surface area contributed by atoms with Crippen LogP contribution >= 0.6 is 0 Å².